The van der Waals surface area contributed by atoms with Gasteiger partial charge in [-0.25, -0.2) is 4.52 Å². The summed E-state index contributed by atoms with van der Waals surface area (Å²) in [6.07, 6.45) is 4.86. The quantitative estimate of drug-likeness (QED) is 0.262. The van der Waals surface area contributed by atoms with E-state index in [2.05, 4.69) is 46.3 Å². The van der Waals surface area contributed by atoms with Gasteiger partial charge in [0.2, 0.25) is 5.82 Å². The van der Waals surface area contributed by atoms with E-state index in [0.717, 1.165) is 0 Å². The molecule has 1 amide bonds. The summed E-state index contributed by atoms with van der Waals surface area (Å²) in [5.41, 5.74) is 13.2. The number of nitrogens with zero attached hydrogens (tertiary/aromatic N) is 6. The molecule has 5 N–H and O–H groups in total. The fourth-order valence-electron chi connectivity index (χ4n) is 3.29. The summed E-state index contributed by atoms with van der Waals surface area (Å²) in [7, 11) is 0. The second-order valence-corrected chi connectivity index (χ2v) is 9.42. The maximum Gasteiger partial charge on any atom is 0.266 e. The van der Waals surface area contributed by atoms with Gasteiger partial charge in [-0.3, -0.25) is 19.5 Å². The normalized spacial score (nSPS) is 12.8. The van der Waals surface area contributed by atoms with E-state index in [4.69, 9.17) is 34.7 Å². The lowest BCUT2D eigenvalue weighted by Crippen LogP contribution is -2.25. The van der Waals surface area contributed by atoms with Crippen molar-refractivity contribution in [2.45, 2.75) is 26.3 Å². The second-order valence-electron chi connectivity index (χ2n) is 8.60. The van der Waals surface area contributed by atoms with E-state index in [1.54, 1.807) is 36.5 Å². The molecule has 180 valence electrons. The third-order valence-electron chi connectivity index (χ3n) is 5.02. The first-order valence-corrected chi connectivity index (χ1v) is 11.3. The Kier molecular flexibility index (Phi) is 6.51. The van der Waals surface area contributed by atoms with Crippen LogP contribution in [0.1, 0.15) is 20.8 Å². The van der Waals surface area contributed by atoms with Crippen molar-refractivity contribution in [3.63, 3.8) is 0 Å². The van der Waals surface area contributed by atoms with E-state index in [-0.39, 0.29) is 16.9 Å². The van der Waals surface area contributed by atoms with Crippen molar-refractivity contribution in [1.82, 2.24) is 24.4 Å². The number of para-hydroxylation sites is 1. The third-order valence-corrected chi connectivity index (χ3v) is 5.63. The summed E-state index contributed by atoms with van der Waals surface area (Å²) in [5.74, 6) is -0.226. The average molecular weight is 512 g/mol. The Balaban J connectivity index is 1.65. The zero-order chi connectivity index (χ0) is 25.3. The maximum absolute atomic E-state index is 11.7. The highest BCUT2D eigenvalue weighted by Gasteiger charge is 2.20. The molecule has 0 aliphatic carbocycles. The van der Waals surface area contributed by atoms with E-state index in [1.807, 2.05) is 21.5 Å². The zero-order valence-corrected chi connectivity index (χ0v) is 20.7. The van der Waals surface area contributed by atoms with E-state index < -0.39 is 5.91 Å². The van der Waals surface area contributed by atoms with Crippen LogP contribution < -0.4 is 16.8 Å². The molecule has 4 rings (SSSR count). The molecule has 3 heterocycles. The van der Waals surface area contributed by atoms with Crippen molar-refractivity contribution in [2.24, 2.45) is 16.5 Å². The number of aromatic nitrogens is 5. The minimum Gasteiger partial charge on any atom is -0.393 e. The molecule has 0 spiro atoms. The van der Waals surface area contributed by atoms with Gasteiger partial charge in [-0.05, 0) is 45.0 Å². The van der Waals surface area contributed by atoms with Crippen LogP contribution in [0.25, 0.3) is 17.2 Å². The predicted octanol–water partition coefficient (Wildman–Crippen LogP) is 4.12. The van der Waals surface area contributed by atoms with Gasteiger partial charge in [0, 0.05) is 12.3 Å². The summed E-state index contributed by atoms with van der Waals surface area (Å²) >= 11 is 12.3. The SMILES string of the molecule is CC(C)(C)n1ccc2nnc(-c3ccc(N/C(C=Nc4c(Cl)cccc4Cl)=C(/N)C(N)=O)cn3)n21. The van der Waals surface area contributed by atoms with Gasteiger partial charge >= 0.3 is 0 Å². The van der Waals surface area contributed by atoms with Gasteiger partial charge in [-0.1, -0.05) is 29.3 Å². The molecule has 35 heavy (non-hydrogen) atoms. The van der Waals surface area contributed by atoms with Gasteiger partial charge in [-0.15, -0.1) is 10.2 Å². The molecule has 0 unspecified atom stereocenters. The van der Waals surface area contributed by atoms with E-state index >= 15 is 0 Å². The third kappa shape index (κ3) is 4.98. The molecule has 0 radical (unpaired) electrons. The van der Waals surface area contributed by atoms with Gasteiger partial charge in [0.15, 0.2) is 5.65 Å². The lowest BCUT2D eigenvalue weighted by atomic mass is 10.1. The Morgan fingerprint density at radius 2 is 1.80 bits per heavy atom. The smallest absolute Gasteiger partial charge is 0.266 e. The van der Waals surface area contributed by atoms with Gasteiger partial charge in [0.25, 0.3) is 5.91 Å². The predicted molar refractivity (Wildman–Crippen MR) is 138 cm³/mol. The van der Waals surface area contributed by atoms with Gasteiger partial charge < -0.3 is 16.8 Å². The van der Waals surface area contributed by atoms with Crippen molar-refractivity contribution in [1.29, 1.82) is 0 Å². The minimum absolute atomic E-state index is 0.162. The summed E-state index contributed by atoms with van der Waals surface area (Å²) < 4.78 is 3.95. The highest BCUT2D eigenvalue weighted by atomic mass is 35.5. The van der Waals surface area contributed by atoms with E-state index in [9.17, 15) is 4.79 Å². The lowest BCUT2D eigenvalue weighted by Gasteiger charge is -2.22. The lowest BCUT2D eigenvalue weighted by molar-refractivity contribution is -0.114. The van der Waals surface area contributed by atoms with Gasteiger partial charge in [-0.2, -0.15) is 0 Å². The summed E-state index contributed by atoms with van der Waals surface area (Å²) in [4.78, 5) is 20.5. The number of hydrogen-bond donors (Lipinski definition) is 3. The molecule has 0 aliphatic rings. The van der Waals surface area contributed by atoms with Gasteiger partial charge in [0.05, 0.1) is 39.4 Å². The molecule has 0 saturated heterocycles. The number of carbonyl (C=O) groups is 1. The monoisotopic (exact) mass is 511 g/mol. The van der Waals surface area contributed by atoms with Crippen molar-refractivity contribution >= 4 is 52.3 Å². The average Bonchev–Trinajstić information content (AvgIpc) is 3.40. The number of primary amides is 1. The molecule has 12 heteroatoms. The molecule has 10 nitrogen and oxygen atoms in total. The number of pyridine rings is 1. The van der Waals surface area contributed by atoms with Crippen molar-refractivity contribution < 1.29 is 4.79 Å². The Morgan fingerprint density at radius 1 is 1.09 bits per heavy atom. The fraction of sp³-hybridized carbons (Fsp3) is 0.174. The van der Waals surface area contributed by atoms with Crippen LogP contribution in [-0.4, -0.2) is 36.5 Å². The second kappa shape index (κ2) is 9.40. The first-order chi connectivity index (χ1) is 16.6. The minimum atomic E-state index is -0.817. The molecule has 0 saturated carbocycles. The molecule has 0 aliphatic heterocycles. The number of allylic oxidation sites excluding steroid dienone is 1. The number of benzene rings is 1. The number of anilines is 1. The number of rotatable bonds is 6. The zero-order valence-electron chi connectivity index (χ0n) is 19.2. The molecule has 0 atom stereocenters. The van der Waals surface area contributed by atoms with Crippen molar-refractivity contribution in [3.8, 4) is 11.5 Å². The van der Waals surface area contributed by atoms with Crippen LogP contribution in [0, 0.1) is 0 Å². The Labute approximate surface area is 211 Å². The maximum atomic E-state index is 11.7. The molecular weight excluding hydrogens is 489 g/mol. The summed E-state index contributed by atoms with van der Waals surface area (Å²) in [6.45, 7) is 6.26. The number of carbonyl (C=O) groups excluding carboxylic acids is 1. The Hall–Kier alpha value is -3.89. The standard InChI is InChI=1S/C23H23Cl2N9O/c1-23(2,3)33-10-9-18-31-32-22(34(18)33)16-8-7-13(11-28-16)30-17(19(26)21(27)35)12-29-20-14(24)5-4-6-15(20)25/h4-12,30H,26H2,1-3H3,(H2,27,35)/b19-17+,29-12?. The number of amides is 1. The van der Waals surface area contributed by atoms with Crippen LogP contribution >= 0.6 is 23.2 Å². The largest absolute Gasteiger partial charge is 0.393 e. The van der Waals surface area contributed by atoms with E-state index in [1.165, 1.54) is 6.21 Å². The molecule has 3 aromatic heterocycles. The molecule has 4 aromatic rings. The highest BCUT2D eigenvalue weighted by Crippen LogP contribution is 2.32. The molecule has 0 fully saturated rings. The highest BCUT2D eigenvalue weighted by molar-refractivity contribution is 6.38. The summed E-state index contributed by atoms with van der Waals surface area (Å²) in [5, 5.41) is 12.2. The van der Waals surface area contributed by atoms with Crippen molar-refractivity contribution in [3.05, 3.63) is 70.2 Å². The number of nitrogens with one attached hydrogen (secondary N) is 1. The number of halogens is 2. The van der Waals surface area contributed by atoms with Crippen LogP contribution in [0.4, 0.5) is 11.4 Å². The number of fused-ring (bicyclic) bond motifs is 1. The number of nitrogens with two attached hydrogens (primary N) is 2. The Bertz CT molecular complexity index is 1440. The molecule has 0 bridgehead atoms. The molecular formula is C23H23Cl2N9O. The van der Waals surface area contributed by atoms with Crippen LogP contribution in [0.5, 0.6) is 0 Å². The molecule has 1 aromatic carbocycles. The van der Waals surface area contributed by atoms with Crippen LogP contribution in [0.3, 0.4) is 0 Å². The number of hydrogen-bond acceptors (Lipinski definition) is 7. The van der Waals surface area contributed by atoms with Gasteiger partial charge in [0.1, 0.15) is 17.1 Å². The van der Waals surface area contributed by atoms with E-state index in [0.29, 0.717) is 38.6 Å². The first-order valence-electron chi connectivity index (χ1n) is 10.5. The number of aliphatic imine (C=N–C) groups is 1. The first kappa shape index (κ1) is 24.2. The fourth-order valence-corrected chi connectivity index (χ4v) is 3.79. The summed E-state index contributed by atoms with van der Waals surface area (Å²) in [6, 6.07) is 10.4. The van der Waals surface area contributed by atoms with Crippen LogP contribution in [0.15, 0.2) is 65.2 Å². The van der Waals surface area contributed by atoms with Crippen LogP contribution in [-0.2, 0) is 10.3 Å². The topological polar surface area (TPSA) is 142 Å². The van der Waals surface area contributed by atoms with Crippen molar-refractivity contribution in [2.75, 3.05) is 5.32 Å². The van der Waals surface area contributed by atoms with Crippen LogP contribution in [0.2, 0.25) is 10.0 Å². The Morgan fingerprint density at radius 3 is 2.40 bits per heavy atom.